The van der Waals surface area contributed by atoms with Gasteiger partial charge in [-0.25, -0.2) is 4.39 Å². The van der Waals surface area contributed by atoms with Gasteiger partial charge < -0.3 is 5.73 Å². The van der Waals surface area contributed by atoms with Crippen molar-refractivity contribution >= 4 is 0 Å². The number of piperidine rings is 1. The lowest BCUT2D eigenvalue weighted by Gasteiger charge is -2.34. The first kappa shape index (κ1) is 16.0. The summed E-state index contributed by atoms with van der Waals surface area (Å²) in [4.78, 5) is 2.44. The Kier molecular flexibility index (Phi) is 5.78. The van der Waals surface area contributed by atoms with E-state index in [-0.39, 0.29) is 5.82 Å². The zero-order valence-electron chi connectivity index (χ0n) is 13.0. The van der Waals surface area contributed by atoms with Gasteiger partial charge >= 0.3 is 0 Å². The molecule has 1 fully saturated rings. The van der Waals surface area contributed by atoms with Crippen molar-refractivity contribution in [3.63, 3.8) is 0 Å². The molecular weight excluding hydrogens is 263 g/mol. The summed E-state index contributed by atoms with van der Waals surface area (Å²) in [6.45, 7) is 7.99. The van der Waals surface area contributed by atoms with Crippen LogP contribution in [0.25, 0.3) is 0 Å². The SMILES string of the molecule is CC(C)C1CCN(Cc2ccc(F)cc2C#CCN)CC1. The Morgan fingerprint density at radius 1 is 1.33 bits per heavy atom. The fourth-order valence-corrected chi connectivity index (χ4v) is 2.97. The highest BCUT2D eigenvalue weighted by molar-refractivity contribution is 5.41. The lowest BCUT2D eigenvalue weighted by atomic mass is 9.86. The van der Waals surface area contributed by atoms with Crippen molar-refractivity contribution in [2.24, 2.45) is 17.6 Å². The lowest BCUT2D eigenvalue weighted by molar-refractivity contribution is 0.152. The standard InChI is InChI=1S/C18H25FN2/c1-14(2)15-7-10-21(11-8-15)13-17-5-6-18(19)12-16(17)4-3-9-20/h5-6,12,14-15H,7-11,13,20H2,1-2H3. The normalized spacial score (nSPS) is 16.8. The summed E-state index contributed by atoms with van der Waals surface area (Å²) < 4.78 is 13.4. The molecule has 1 aliphatic rings. The largest absolute Gasteiger partial charge is 0.320 e. The number of hydrogen-bond donors (Lipinski definition) is 1. The number of likely N-dealkylation sites (tertiary alicyclic amines) is 1. The molecule has 0 aliphatic carbocycles. The Hall–Kier alpha value is -1.37. The second-order valence-electron chi connectivity index (χ2n) is 6.16. The maximum Gasteiger partial charge on any atom is 0.124 e. The van der Waals surface area contributed by atoms with Gasteiger partial charge in [-0.3, -0.25) is 4.90 Å². The van der Waals surface area contributed by atoms with Crippen LogP contribution in [0.15, 0.2) is 18.2 Å². The van der Waals surface area contributed by atoms with E-state index in [0.29, 0.717) is 6.54 Å². The van der Waals surface area contributed by atoms with Crippen LogP contribution in [0, 0.1) is 29.5 Å². The average Bonchev–Trinajstić information content (AvgIpc) is 2.48. The molecule has 1 aromatic rings. The molecule has 3 heteroatoms. The van der Waals surface area contributed by atoms with Crippen molar-refractivity contribution < 1.29 is 4.39 Å². The van der Waals surface area contributed by atoms with Crippen molar-refractivity contribution in [1.82, 2.24) is 4.90 Å². The van der Waals surface area contributed by atoms with E-state index in [0.717, 1.165) is 42.6 Å². The molecule has 0 atom stereocenters. The van der Waals surface area contributed by atoms with Gasteiger partial charge in [-0.1, -0.05) is 31.8 Å². The molecule has 0 saturated carbocycles. The fraction of sp³-hybridized carbons (Fsp3) is 0.556. The minimum Gasteiger partial charge on any atom is -0.320 e. The molecule has 0 radical (unpaired) electrons. The van der Waals surface area contributed by atoms with Gasteiger partial charge in [0.2, 0.25) is 0 Å². The first-order valence-electron chi connectivity index (χ1n) is 7.80. The minimum atomic E-state index is -0.237. The molecule has 0 bridgehead atoms. The first-order valence-corrected chi connectivity index (χ1v) is 7.80. The topological polar surface area (TPSA) is 29.3 Å². The third-order valence-corrected chi connectivity index (χ3v) is 4.37. The van der Waals surface area contributed by atoms with Crippen molar-refractivity contribution in [3.05, 3.63) is 35.1 Å². The molecule has 1 saturated heterocycles. The van der Waals surface area contributed by atoms with E-state index >= 15 is 0 Å². The van der Waals surface area contributed by atoms with Gasteiger partial charge in [0.05, 0.1) is 6.54 Å². The molecule has 1 aromatic carbocycles. The summed E-state index contributed by atoms with van der Waals surface area (Å²) in [5.74, 6) is 7.18. The number of rotatable bonds is 3. The predicted octanol–water partition coefficient (Wildman–Crippen LogP) is 3.00. The highest BCUT2D eigenvalue weighted by Gasteiger charge is 2.21. The second-order valence-corrected chi connectivity index (χ2v) is 6.16. The molecule has 1 heterocycles. The Bertz CT molecular complexity index is 520. The smallest absolute Gasteiger partial charge is 0.124 e. The van der Waals surface area contributed by atoms with Crippen LogP contribution in [0.3, 0.4) is 0 Å². The Morgan fingerprint density at radius 3 is 2.67 bits per heavy atom. The zero-order chi connectivity index (χ0) is 15.2. The fourth-order valence-electron chi connectivity index (χ4n) is 2.97. The number of nitrogens with two attached hydrogens (primary N) is 1. The third-order valence-electron chi connectivity index (χ3n) is 4.37. The molecule has 21 heavy (non-hydrogen) atoms. The van der Waals surface area contributed by atoms with E-state index in [9.17, 15) is 4.39 Å². The monoisotopic (exact) mass is 288 g/mol. The summed E-state index contributed by atoms with van der Waals surface area (Å²) in [5, 5.41) is 0. The molecule has 0 amide bonds. The highest BCUT2D eigenvalue weighted by atomic mass is 19.1. The van der Waals surface area contributed by atoms with Gasteiger partial charge in [0, 0.05) is 12.1 Å². The zero-order valence-corrected chi connectivity index (χ0v) is 13.0. The van der Waals surface area contributed by atoms with Gasteiger partial charge in [-0.05, 0) is 55.5 Å². The van der Waals surface area contributed by atoms with Crippen molar-refractivity contribution in [1.29, 1.82) is 0 Å². The first-order chi connectivity index (χ1) is 10.1. The molecule has 0 aromatic heterocycles. The number of halogens is 1. The highest BCUT2D eigenvalue weighted by Crippen LogP contribution is 2.25. The third kappa shape index (κ3) is 4.56. The summed E-state index contributed by atoms with van der Waals surface area (Å²) in [5.41, 5.74) is 7.28. The lowest BCUT2D eigenvalue weighted by Crippen LogP contribution is -2.34. The molecule has 2 rings (SSSR count). The molecule has 2 N–H and O–H groups in total. The Morgan fingerprint density at radius 2 is 2.05 bits per heavy atom. The number of nitrogens with zero attached hydrogens (tertiary/aromatic N) is 1. The number of hydrogen-bond acceptors (Lipinski definition) is 2. The van der Waals surface area contributed by atoms with E-state index in [1.807, 2.05) is 6.07 Å². The molecule has 1 aliphatic heterocycles. The van der Waals surface area contributed by atoms with Gasteiger partial charge in [-0.2, -0.15) is 0 Å². The molecule has 0 spiro atoms. The van der Waals surface area contributed by atoms with Crippen molar-refractivity contribution in [2.75, 3.05) is 19.6 Å². The van der Waals surface area contributed by atoms with Crippen LogP contribution in [0.5, 0.6) is 0 Å². The van der Waals surface area contributed by atoms with Gasteiger partial charge in [0.15, 0.2) is 0 Å². The van der Waals surface area contributed by atoms with Gasteiger partial charge in [0.25, 0.3) is 0 Å². The van der Waals surface area contributed by atoms with Crippen molar-refractivity contribution in [3.8, 4) is 11.8 Å². The maximum atomic E-state index is 13.4. The quantitative estimate of drug-likeness (QED) is 0.866. The van der Waals surface area contributed by atoms with E-state index in [2.05, 4.69) is 30.6 Å². The predicted molar refractivity (Wildman–Crippen MR) is 85.2 cm³/mol. The van der Waals surface area contributed by atoms with Crippen molar-refractivity contribution in [2.45, 2.75) is 33.2 Å². The second kappa shape index (κ2) is 7.59. The van der Waals surface area contributed by atoms with E-state index in [1.54, 1.807) is 0 Å². The minimum absolute atomic E-state index is 0.237. The maximum absolute atomic E-state index is 13.4. The van der Waals surface area contributed by atoms with Crippen LogP contribution >= 0.6 is 0 Å². The summed E-state index contributed by atoms with van der Waals surface area (Å²) in [6, 6.07) is 4.88. The van der Waals surface area contributed by atoms with E-state index < -0.39 is 0 Å². The van der Waals surface area contributed by atoms with Crippen LogP contribution in [-0.2, 0) is 6.54 Å². The molecule has 114 valence electrons. The molecule has 2 nitrogen and oxygen atoms in total. The van der Waals surface area contributed by atoms with Crippen LogP contribution in [0.4, 0.5) is 4.39 Å². The van der Waals surface area contributed by atoms with Crippen LogP contribution in [0.2, 0.25) is 0 Å². The van der Waals surface area contributed by atoms with Crippen LogP contribution in [-0.4, -0.2) is 24.5 Å². The summed E-state index contributed by atoms with van der Waals surface area (Å²) >= 11 is 0. The van der Waals surface area contributed by atoms with Crippen LogP contribution in [0.1, 0.15) is 37.8 Å². The van der Waals surface area contributed by atoms with Gasteiger partial charge in [-0.15, -0.1) is 0 Å². The van der Waals surface area contributed by atoms with Crippen LogP contribution < -0.4 is 5.73 Å². The van der Waals surface area contributed by atoms with Gasteiger partial charge in [0.1, 0.15) is 5.82 Å². The molecular formula is C18H25FN2. The summed E-state index contributed by atoms with van der Waals surface area (Å²) in [7, 11) is 0. The Balaban J connectivity index is 2.03. The average molecular weight is 288 g/mol. The molecule has 0 unspecified atom stereocenters. The number of benzene rings is 1. The van der Waals surface area contributed by atoms with E-state index in [1.165, 1.54) is 25.0 Å². The Labute approximate surface area is 127 Å². The van der Waals surface area contributed by atoms with E-state index in [4.69, 9.17) is 5.73 Å². The summed E-state index contributed by atoms with van der Waals surface area (Å²) in [6.07, 6.45) is 2.51.